The number of ether oxygens (including phenoxy) is 1. The van der Waals surface area contributed by atoms with E-state index >= 15 is 0 Å². The molecule has 0 heterocycles. The van der Waals surface area contributed by atoms with Gasteiger partial charge >= 0.3 is 6.61 Å². The van der Waals surface area contributed by atoms with Gasteiger partial charge in [-0.05, 0) is 28.1 Å². The lowest BCUT2D eigenvalue weighted by atomic mass is 10.2. The van der Waals surface area contributed by atoms with Gasteiger partial charge in [0.05, 0.1) is 10.2 Å². The van der Waals surface area contributed by atoms with Crippen LogP contribution < -0.4 is 15.4 Å². The number of carbonyl (C=O) groups is 1. The fourth-order valence-electron chi connectivity index (χ4n) is 1.55. The molecule has 118 valence electrons. The molecule has 0 aliphatic rings. The van der Waals surface area contributed by atoms with Gasteiger partial charge in [0.2, 0.25) is 5.91 Å². The Labute approximate surface area is 135 Å². The van der Waals surface area contributed by atoms with E-state index in [0.29, 0.717) is 11.6 Å². The summed E-state index contributed by atoms with van der Waals surface area (Å²) < 4.78 is 29.5. The van der Waals surface area contributed by atoms with Crippen LogP contribution in [0.3, 0.4) is 0 Å². The fraction of sp³-hybridized carbons (Fsp3) is 0.462. The van der Waals surface area contributed by atoms with E-state index in [1.165, 1.54) is 12.1 Å². The zero-order chi connectivity index (χ0) is 16.0. The number of rotatable bonds is 7. The Morgan fingerprint density at radius 3 is 2.67 bits per heavy atom. The quantitative estimate of drug-likeness (QED) is 0.745. The highest BCUT2D eigenvalue weighted by Crippen LogP contribution is 2.37. The number of alkyl halides is 2. The maximum atomic E-state index is 12.4. The van der Waals surface area contributed by atoms with Gasteiger partial charge in [0.15, 0.2) is 5.75 Å². The van der Waals surface area contributed by atoms with Gasteiger partial charge in [-0.1, -0.05) is 25.4 Å². The van der Waals surface area contributed by atoms with Gasteiger partial charge in [0.1, 0.15) is 0 Å². The zero-order valence-electron chi connectivity index (χ0n) is 11.6. The molecule has 0 spiro atoms. The number of hydrogen-bond acceptors (Lipinski definition) is 3. The minimum Gasteiger partial charge on any atom is -0.431 e. The van der Waals surface area contributed by atoms with Crippen molar-refractivity contribution in [3.8, 4) is 5.75 Å². The number of anilines is 1. The number of carbonyl (C=O) groups excluding carboxylic acids is 1. The van der Waals surface area contributed by atoms with Crippen molar-refractivity contribution in [3.63, 3.8) is 0 Å². The second-order valence-electron chi connectivity index (χ2n) is 4.55. The predicted octanol–water partition coefficient (Wildman–Crippen LogP) is 4.03. The summed E-state index contributed by atoms with van der Waals surface area (Å²) in [5.74, 6) is -0.476. The Morgan fingerprint density at radius 2 is 2.10 bits per heavy atom. The number of amides is 1. The first-order chi connectivity index (χ1) is 9.79. The first-order valence-corrected chi connectivity index (χ1v) is 7.43. The predicted molar refractivity (Wildman–Crippen MR) is 82.2 cm³/mol. The van der Waals surface area contributed by atoms with Gasteiger partial charge in [0, 0.05) is 24.0 Å². The number of hydrogen-bond donors (Lipinski definition) is 2. The van der Waals surface area contributed by atoms with E-state index in [1.54, 1.807) is 0 Å². The van der Waals surface area contributed by atoms with Crippen LogP contribution in [-0.2, 0) is 4.79 Å². The molecule has 0 aliphatic heterocycles. The van der Waals surface area contributed by atoms with Crippen LogP contribution >= 0.6 is 27.5 Å². The van der Waals surface area contributed by atoms with E-state index < -0.39 is 6.61 Å². The molecule has 4 nitrogen and oxygen atoms in total. The molecule has 0 saturated heterocycles. The molecular formula is C13H16BrClF2N2O2. The average molecular weight is 386 g/mol. The molecule has 2 N–H and O–H groups in total. The molecular weight excluding hydrogens is 370 g/mol. The van der Waals surface area contributed by atoms with Crippen LogP contribution in [0, 0.1) is 0 Å². The van der Waals surface area contributed by atoms with Crippen molar-refractivity contribution in [3.05, 3.63) is 21.6 Å². The standard InChI is InChI=1S/C13H16BrClF2N2O2/c1-7(2)18-4-3-11(20)19-10-6-8(15)5-9(14)12(10)21-13(16)17/h5-7,13,18H,3-4H2,1-2H3,(H,19,20). The maximum Gasteiger partial charge on any atom is 0.387 e. The Kier molecular flexibility index (Phi) is 7.34. The van der Waals surface area contributed by atoms with E-state index in [1.807, 2.05) is 13.8 Å². The van der Waals surface area contributed by atoms with E-state index in [-0.39, 0.29) is 34.3 Å². The van der Waals surface area contributed by atoms with Gasteiger partial charge in [0.25, 0.3) is 0 Å². The minimum absolute atomic E-state index is 0.101. The van der Waals surface area contributed by atoms with Gasteiger partial charge in [-0.15, -0.1) is 0 Å². The Balaban J connectivity index is 2.78. The smallest absolute Gasteiger partial charge is 0.387 e. The highest BCUT2D eigenvalue weighted by Gasteiger charge is 2.16. The molecule has 0 unspecified atom stereocenters. The van der Waals surface area contributed by atoms with E-state index in [0.717, 1.165) is 0 Å². The third-order valence-corrected chi connectivity index (χ3v) is 3.20. The van der Waals surface area contributed by atoms with Gasteiger partial charge < -0.3 is 15.4 Å². The van der Waals surface area contributed by atoms with Crippen LogP contribution in [-0.4, -0.2) is 25.1 Å². The summed E-state index contributed by atoms with van der Waals surface area (Å²) in [4.78, 5) is 11.8. The summed E-state index contributed by atoms with van der Waals surface area (Å²) in [6.07, 6.45) is 0.205. The van der Waals surface area contributed by atoms with Crippen LogP contribution in [0.5, 0.6) is 5.75 Å². The fourth-order valence-corrected chi connectivity index (χ4v) is 2.45. The zero-order valence-corrected chi connectivity index (χ0v) is 13.9. The first-order valence-electron chi connectivity index (χ1n) is 6.26. The first kappa shape index (κ1) is 18.1. The Bertz CT molecular complexity index is 501. The Hall–Kier alpha value is -0.920. The molecule has 0 bridgehead atoms. The molecule has 1 rings (SSSR count). The molecule has 0 radical (unpaired) electrons. The van der Waals surface area contributed by atoms with Crippen LogP contribution in [0.15, 0.2) is 16.6 Å². The topological polar surface area (TPSA) is 50.4 Å². The highest BCUT2D eigenvalue weighted by atomic mass is 79.9. The van der Waals surface area contributed by atoms with Crippen molar-refractivity contribution in [1.82, 2.24) is 5.32 Å². The van der Waals surface area contributed by atoms with Crippen LogP contribution in [0.4, 0.5) is 14.5 Å². The van der Waals surface area contributed by atoms with Crippen LogP contribution in [0.2, 0.25) is 5.02 Å². The summed E-state index contributed by atoms with van der Waals surface area (Å²) in [5, 5.41) is 5.89. The summed E-state index contributed by atoms with van der Waals surface area (Å²) in [6, 6.07) is 3.03. The average Bonchev–Trinajstić information content (AvgIpc) is 2.32. The number of benzene rings is 1. The van der Waals surface area contributed by atoms with Crippen molar-refractivity contribution in [1.29, 1.82) is 0 Å². The number of halogens is 4. The SMILES string of the molecule is CC(C)NCCC(=O)Nc1cc(Cl)cc(Br)c1OC(F)F. The largest absolute Gasteiger partial charge is 0.431 e. The maximum absolute atomic E-state index is 12.4. The van der Waals surface area contributed by atoms with Gasteiger partial charge in [-0.25, -0.2) is 0 Å². The highest BCUT2D eigenvalue weighted by molar-refractivity contribution is 9.10. The molecule has 1 aromatic carbocycles. The van der Waals surface area contributed by atoms with E-state index in [4.69, 9.17) is 11.6 Å². The lowest BCUT2D eigenvalue weighted by Gasteiger charge is -2.14. The van der Waals surface area contributed by atoms with Crippen LogP contribution in [0.25, 0.3) is 0 Å². The monoisotopic (exact) mass is 384 g/mol. The van der Waals surface area contributed by atoms with Crippen molar-refractivity contribution >= 4 is 39.1 Å². The second-order valence-corrected chi connectivity index (χ2v) is 5.84. The summed E-state index contributed by atoms with van der Waals surface area (Å²) >= 11 is 8.93. The van der Waals surface area contributed by atoms with Crippen LogP contribution in [0.1, 0.15) is 20.3 Å². The van der Waals surface area contributed by atoms with E-state index in [9.17, 15) is 13.6 Å². The summed E-state index contributed by atoms with van der Waals surface area (Å²) in [5.41, 5.74) is 0.101. The number of nitrogens with one attached hydrogen (secondary N) is 2. The molecule has 0 aliphatic carbocycles. The third kappa shape index (κ3) is 6.58. The molecule has 0 atom stereocenters. The minimum atomic E-state index is -3.00. The molecule has 0 fully saturated rings. The van der Waals surface area contributed by atoms with Gasteiger partial charge in [-0.2, -0.15) is 8.78 Å². The third-order valence-electron chi connectivity index (χ3n) is 2.39. The second kappa shape index (κ2) is 8.51. The van der Waals surface area contributed by atoms with Crippen molar-refractivity contribution in [2.45, 2.75) is 32.9 Å². The lowest BCUT2D eigenvalue weighted by Crippen LogP contribution is -2.27. The molecule has 21 heavy (non-hydrogen) atoms. The molecule has 1 amide bonds. The molecule has 0 saturated carbocycles. The van der Waals surface area contributed by atoms with Crippen molar-refractivity contribution in [2.75, 3.05) is 11.9 Å². The van der Waals surface area contributed by atoms with E-state index in [2.05, 4.69) is 31.3 Å². The van der Waals surface area contributed by atoms with Crippen molar-refractivity contribution < 1.29 is 18.3 Å². The molecule has 8 heteroatoms. The van der Waals surface area contributed by atoms with Gasteiger partial charge in [-0.3, -0.25) is 4.79 Å². The van der Waals surface area contributed by atoms with Crippen molar-refractivity contribution in [2.24, 2.45) is 0 Å². The summed E-state index contributed by atoms with van der Waals surface area (Å²) in [6.45, 7) is 1.40. The normalized spacial score (nSPS) is 11.0. The molecule has 1 aromatic rings. The molecule has 0 aromatic heterocycles. The lowest BCUT2D eigenvalue weighted by molar-refractivity contribution is -0.116. The summed E-state index contributed by atoms with van der Waals surface area (Å²) in [7, 11) is 0. The Morgan fingerprint density at radius 1 is 1.43 bits per heavy atom.